The lowest BCUT2D eigenvalue weighted by Crippen LogP contribution is -2.34. The first-order valence-corrected chi connectivity index (χ1v) is 13.9. The van der Waals surface area contributed by atoms with Gasteiger partial charge in [-0.2, -0.15) is 13.2 Å². The molecule has 2 aromatic carbocycles. The van der Waals surface area contributed by atoms with Gasteiger partial charge in [0.05, 0.1) is 16.3 Å². The Morgan fingerprint density at radius 1 is 1.08 bits per heavy atom. The number of carbonyl (C=O) groups is 1. The van der Waals surface area contributed by atoms with Crippen LogP contribution in [0.3, 0.4) is 0 Å². The van der Waals surface area contributed by atoms with Crippen LogP contribution in [0.2, 0.25) is 5.02 Å². The quantitative estimate of drug-likeness (QED) is 0.385. The number of amides is 1. The van der Waals surface area contributed by atoms with Crippen LogP contribution in [-0.4, -0.2) is 15.7 Å². The predicted octanol–water partition coefficient (Wildman–Crippen LogP) is 6.87. The largest absolute Gasteiger partial charge is 0.418 e. The van der Waals surface area contributed by atoms with Crippen LogP contribution in [-0.2, 0) is 17.5 Å². The van der Waals surface area contributed by atoms with Gasteiger partial charge in [-0.15, -0.1) is 11.8 Å². The lowest BCUT2D eigenvalue weighted by molar-refractivity contribution is -0.137. The van der Waals surface area contributed by atoms with E-state index in [0.29, 0.717) is 28.0 Å². The molecule has 2 saturated carbocycles. The Morgan fingerprint density at radius 3 is 2.56 bits per heavy atom. The molecular formula is C26H22ClF3N2O2S2. The van der Waals surface area contributed by atoms with Crippen LogP contribution < -0.4 is 10.2 Å². The lowest BCUT2D eigenvalue weighted by Gasteiger charge is -2.40. The van der Waals surface area contributed by atoms with E-state index in [-0.39, 0.29) is 23.0 Å². The van der Waals surface area contributed by atoms with Crippen molar-refractivity contribution in [2.24, 2.45) is 17.8 Å². The molecule has 5 unspecified atom stereocenters. The Bertz CT molecular complexity index is 1390. The first-order chi connectivity index (χ1) is 17.2. The number of hydrogen-bond acceptors (Lipinski definition) is 4. The minimum absolute atomic E-state index is 0.0479. The zero-order valence-electron chi connectivity index (χ0n) is 18.9. The summed E-state index contributed by atoms with van der Waals surface area (Å²) in [4.78, 5) is 26.7. The van der Waals surface area contributed by atoms with Crippen LogP contribution in [0.4, 0.5) is 18.9 Å². The number of fused-ring (bicyclic) bond motifs is 6. The van der Waals surface area contributed by atoms with Gasteiger partial charge >= 0.3 is 11.0 Å². The molecule has 1 amide bonds. The van der Waals surface area contributed by atoms with Gasteiger partial charge in [-0.3, -0.25) is 14.2 Å². The predicted molar refractivity (Wildman–Crippen MR) is 136 cm³/mol. The number of anilines is 1. The monoisotopic (exact) mass is 550 g/mol. The summed E-state index contributed by atoms with van der Waals surface area (Å²) in [5, 5.41) is 4.15. The van der Waals surface area contributed by atoms with Gasteiger partial charge in [-0.25, -0.2) is 0 Å². The number of hydrogen-bond donors (Lipinski definition) is 1. The number of alkyl halides is 3. The Kier molecular flexibility index (Phi) is 6.00. The fraction of sp³-hybridized carbons (Fsp3) is 0.385. The fourth-order valence-electron chi connectivity index (χ4n) is 6.30. The van der Waals surface area contributed by atoms with Crippen molar-refractivity contribution in [3.63, 3.8) is 0 Å². The first kappa shape index (κ1) is 24.1. The minimum atomic E-state index is -4.60. The van der Waals surface area contributed by atoms with E-state index >= 15 is 0 Å². The highest BCUT2D eigenvalue weighted by atomic mass is 35.5. The summed E-state index contributed by atoms with van der Waals surface area (Å²) in [6, 6.07) is 12.6. The molecule has 6 rings (SSSR count). The SMILES string of the molecule is O=C(Cn1c2c(sc1=O)C(c1ccc(Cl)cc1)C1C3CCC(C3)C1S2)Nc1ccccc1C(F)(F)F. The third-order valence-corrected chi connectivity index (χ3v) is 10.8. The Morgan fingerprint density at radius 2 is 1.81 bits per heavy atom. The topological polar surface area (TPSA) is 51.1 Å². The number of thioether (sulfide) groups is 1. The molecule has 5 atom stereocenters. The second-order valence-electron chi connectivity index (χ2n) is 9.74. The molecule has 4 nitrogen and oxygen atoms in total. The van der Waals surface area contributed by atoms with Gasteiger partial charge in [0.2, 0.25) is 5.91 Å². The summed E-state index contributed by atoms with van der Waals surface area (Å²) in [6.07, 6.45) is -1.05. The van der Waals surface area contributed by atoms with Crippen molar-refractivity contribution < 1.29 is 18.0 Å². The summed E-state index contributed by atoms with van der Waals surface area (Å²) in [5.74, 6) is 0.986. The van der Waals surface area contributed by atoms with Crippen molar-refractivity contribution in [1.29, 1.82) is 0 Å². The Hall–Kier alpha value is -2.23. The molecule has 0 saturated heterocycles. The molecule has 2 aliphatic carbocycles. The number of para-hydroxylation sites is 1. The van der Waals surface area contributed by atoms with Crippen molar-refractivity contribution >= 4 is 46.3 Å². The van der Waals surface area contributed by atoms with E-state index in [0.717, 1.165) is 32.9 Å². The average Bonchev–Trinajstić information content (AvgIpc) is 3.52. The summed E-state index contributed by atoms with van der Waals surface area (Å²) >= 11 is 8.98. The molecule has 1 N–H and O–H groups in total. The van der Waals surface area contributed by atoms with E-state index in [9.17, 15) is 22.8 Å². The second-order valence-corrected chi connectivity index (χ2v) is 12.3. The van der Waals surface area contributed by atoms with Gasteiger partial charge in [0.15, 0.2) is 0 Å². The highest BCUT2D eigenvalue weighted by Crippen LogP contribution is 2.64. The van der Waals surface area contributed by atoms with Crippen LogP contribution >= 0.6 is 34.7 Å². The molecule has 188 valence electrons. The zero-order chi connectivity index (χ0) is 25.2. The summed E-state index contributed by atoms with van der Waals surface area (Å²) in [7, 11) is 0. The molecular weight excluding hydrogens is 529 g/mol. The van der Waals surface area contributed by atoms with Gasteiger partial charge in [0, 0.05) is 21.1 Å². The van der Waals surface area contributed by atoms with E-state index in [1.165, 1.54) is 42.0 Å². The van der Waals surface area contributed by atoms with Gasteiger partial charge in [-0.1, -0.05) is 47.2 Å². The van der Waals surface area contributed by atoms with Gasteiger partial charge in [-0.05, 0) is 66.8 Å². The Labute approximate surface area is 218 Å². The number of nitrogens with one attached hydrogen (secondary N) is 1. The normalized spacial score (nSPS) is 26.5. The summed E-state index contributed by atoms with van der Waals surface area (Å²) in [5.41, 5.74) is -0.118. The van der Waals surface area contributed by atoms with Crippen LogP contribution in [0.1, 0.15) is 41.2 Å². The molecule has 2 heterocycles. The maximum atomic E-state index is 13.4. The van der Waals surface area contributed by atoms with E-state index in [1.807, 2.05) is 24.3 Å². The van der Waals surface area contributed by atoms with Crippen LogP contribution in [0.5, 0.6) is 0 Å². The second kappa shape index (κ2) is 8.96. The number of aromatic nitrogens is 1. The highest BCUT2D eigenvalue weighted by Gasteiger charge is 2.55. The third-order valence-electron chi connectivity index (χ3n) is 7.73. The lowest BCUT2D eigenvalue weighted by atomic mass is 9.75. The number of halogens is 4. The molecule has 3 aliphatic rings. The first-order valence-electron chi connectivity index (χ1n) is 11.8. The average molecular weight is 551 g/mol. The van der Waals surface area contributed by atoms with Gasteiger partial charge in [0.1, 0.15) is 6.54 Å². The fourth-order valence-corrected chi connectivity index (χ4v) is 9.58. The summed E-state index contributed by atoms with van der Waals surface area (Å²) in [6.45, 7) is -0.331. The summed E-state index contributed by atoms with van der Waals surface area (Å²) < 4.78 is 41.6. The number of thiazole rings is 1. The zero-order valence-corrected chi connectivity index (χ0v) is 21.3. The molecule has 1 aromatic heterocycles. The van der Waals surface area contributed by atoms with Crippen molar-refractivity contribution in [3.8, 4) is 0 Å². The van der Waals surface area contributed by atoms with E-state index in [4.69, 9.17) is 11.6 Å². The van der Waals surface area contributed by atoms with Crippen LogP contribution in [0.15, 0.2) is 58.4 Å². The van der Waals surface area contributed by atoms with Crippen LogP contribution in [0, 0.1) is 17.8 Å². The minimum Gasteiger partial charge on any atom is -0.324 e. The van der Waals surface area contributed by atoms with Crippen molar-refractivity contribution in [2.75, 3.05) is 5.32 Å². The smallest absolute Gasteiger partial charge is 0.324 e. The molecule has 0 radical (unpaired) electrons. The Balaban J connectivity index is 1.35. The maximum absolute atomic E-state index is 13.4. The number of nitrogens with zero attached hydrogens (tertiary/aromatic N) is 1. The number of benzene rings is 2. The third kappa shape index (κ3) is 4.09. The van der Waals surface area contributed by atoms with Crippen molar-refractivity contribution in [2.45, 2.75) is 48.2 Å². The van der Waals surface area contributed by atoms with Crippen molar-refractivity contribution in [1.82, 2.24) is 4.57 Å². The standard InChI is InChI=1S/C26H22ClF3N2O2S2/c27-16-9-7-13(8-10-16)20-21-14-5-6-15(11-14)22(21)35-24-23(20)36-25(34)32(24)12-19(33)31-18-4-2-1-3-17(18)26(28,29)30/h1-4,7-10,14-15,20-22H,5-6,11-12H2,(H,31,33). The number of rotatable bonds is 4. The molecule has 3 aromatic rings. The van der Waals surface area contributed by atoms with Gasteiger partial charge < -0.3 is 5.32 Å². The molecule has 10 heteroatoms. The molecule has 2 fully saturated rings. The molecule has 36 heavy (non-hydrogen) atoms. The van der Waals surface area contributed by atoms with Gasteiger partial charge in [0.25, 0.3) is 0 Å². The molecule has 2 bridgehead atoms. The van der Waals surface area contributed by atoms with E-state index in [2.05, 4.69) is 5.32 Å². The van der Waals surface area contributed by atoms with Crippen LogP contribution in [0.25, 0.3) is 0 Å². The highest BCUT2D eigenvalue weighted by molar-refractivity contribution is 8.00. The number of carbonyl (C=O) groups excluding carboxylic acids is 1. The molecule has 1 aliphatic heterocycles. The van der Waals surface area contributed by atoms with E-state index in [1.54, 1.807) is 11.8 Å². The molecule has 0 spiro atoms. The van der Waals surface area contributed by atoms with E-state index < -0.39 is 17.6 Å². The maximum Gasteiger partial charge on any atom is 0.418 e. The van der Waals surface area contributed by atoms with Crippen molar-refractivity contribution in [3.05, 3.63) is 79.2 Å².